The third-order valence-electron chi connectivity index (χ3n) is 1.44. The second-order valence-corrected chi connectivity index (χ2v) is 3.21. The minimum Gasteiger partial charge on any atom is -0.218 e. The highest BCUT2D eigenvalue weighted by Gasteiger charge is 1.90. The number of benzene rings is 1. The van der Waals surface area contributed by atoms with Crippen LogP contribution >= 0.6 is 11.6 Å². The molecule has 0 fully saturated rings. The molecule has 0 aliphatic heterocycles. The minimum atomic E-state index is 1.20. The maximum Gasteiger partial charge on any atom is 0.195 e. The number of rotatable bonds is 3. The Bertz CT molecular complexity index is 174. The highest BCUT2D eigenvalue weighted by atomic mass is 32.2. The summed E-state index contributed by atoms with van der Waals surface area (Å²) in [5.41, 5.74) is 1.44. The maximum atomic E-state index is 2.18. The standard InChI is InChI=1S/C8H11BS/c1-10-9-7-8-5-3-2-4-6-8/h2-6,9H,7H2,1H3. The normalized spacial score (nSPS) is 9.30. The van der Waals surface area contributed by atoms with Gasteiger partial charge in [-0.2, -0.15) is 0 Å². The lowest BCUT2D eigenvalue weighted by Gasteiger charge is -1.94. The van der Waals surface area contributed by atoms with Crippen molar-refractivity contribution >= 4 is 18.2 Å². The van der Waals surface area contributed by atoms with Crippen LogP contribution in [0.1, 0.15) is 5.56 Å². The van der Waals surface area contributed by atoms with Gasteiger partial charge in [-0.05, 0) is 12.6 Å². The molecule has 0 aliphatic rings. The molecular weight excluding hydrogens is 139 g/mol. The molecule has 0 aliphatic carbocycles. The average molecular weight is 150 g/mol. The topological polar surface area (TPSA) is 0 Å². The largest absolute Gasteiger partial charge is 0.218 e. The van der Waals surface area contributed by atoms with Crippen LogP contribution in [0.25, 0.3) is 0 Å². The highest BCUT2D eigenvalue weighted by Crippen LogP contribution is 2.01. The first-order valence-corrected chi connectivity index (χ1v) is 4.86. The van der Waals surface area contributed by atoms with Gasteiger partial charge in [-0.15, -0.1) is 0 Å². The Morgan fingerprint density at radius 1 is 1.30 bits per heavy atom. The summed E-state index contributed by atoms with van der Waals surface area (Å²) in [6.07, 6.45) is 3.34. The summed E-state index contributed by atoms with van der Waals surface area (Å²) in [6, 6.07) is 10.6. The summed E-state index contributed by atoms with van der Waals surface area (Å²) >= 11 is 1.90. The third kappa shape index (κ3) is 2.48. The smallest absolute Gasteiger partial charge is 0.195 e. The van der Waals surface area contributed by atoms with Gasteiger partial charge in [-0.25, -0.2) is 11.6 Å². The molecule has 0 nitrogen and oxygen atoms in total. The molecule has 10 heavy (non-hydrogen) atoms. The molecule has 1 rings (SSSR count). The monoisotopic (exact) mass is 150 g/mol. The van der Waals surface area contributed by atoms with Crippen molar-refractivity contribution in [1.82, 2.24) is 0 Å². The zero-order chi connectivity index (χ0) is 7.23. The SMILES string of the molecule is CSBCc1ccccc1. The summed E-state index contributed by atoms with van der Waals surface area (Å²) in [6.45, 7) is 1.23. The molecule has 0 saturated carbocycles. The van der Waals surface area contributed by atoms with E-state index in [-0.39, 0.29) is 0 Å². The zero-order valence-corrected chi connectivity index (χ0v) is 7.03. The fourth-order valence-corrected chi connectivity index (χ4v) is 1.30. The van der Waals surface area contributed by atoms with Crippen LogP contribution in [-0.4, -0.2) is 12.8 Å². The molecule has 0 amide bonds. The van der Waals surface area contributed by atoms with Crippen molar-refractivity contribution < 1.29 is 0 Å². The highest BCUT2D eigenvalue weighted by molar-refractivity contribution is 8.21. The first-order chi connectivity index (χ1) is 4.93. The van der Waals surface area contributed by atoms with Crippen molar-refractivity contribution in [2.45, 2.75) is 6.32 Å². The van der Waals surface area contributed by atoms with Gasteiger partial charge in [0.05, 0.1) is 0 Å². The fourth-order valence-electron chi connectivity index (χ4n) is 0.865. The Morgan fingerprint density at radius 3 is 2.60 bits per heavy atom. The van der Waals surface area contributed by atoms with Gasteiger partial charge < -0.3 is 0 Å². The molecular formula is C8H11BS. The molecule has 52 valence electrons. The lowest BCUT2D eigenvalue weighted by molar-refractivity contribution is 1.40. The van der Waals surface area contributed by atoms with Crippen LogP contribution < -0.4 is 0 Å². The van der Waals surface area contributed by atoms with Crippen molar-refractivity contribution in [3.8, 4) is 0 Å². The molecule has 0 saturated heterocycles. The molecule has 0 N–H and O–H groups in total. The van der Waals surface area contributed by atoms with Crippen LogP contribution in [0.5, 0.6) is 0 Å². The number of hydrogen-bond donors (Lipinski definition) is 0. The fraction of sp³-hybridized carbons (Fsp3) is 0.250. The molecule has 2 heteroatoms. The summed E-state index contributed by atoms with van der Waals surface area (Å²) in [7, 11) is 0. The summed E-state index contributed by atoms with van der Waals surface area (Å²) < 4.78 is 0. The molecule has 1 aromatic carbocycles. The van der Waals surface area contributed by atoms with Gasteiger partial charge in [0.1, 0.15) is 0 Å². The predicted octanol–water partition coefficient (Wildman–Crippen LogP) is 1.90. The molecule has 0 atom stereocenters. The zero-order valence-electron chi connectivity index (χ0n) is 6.21. The second-order valence-electron chi connectivity index (χ2n) is 2.23. The minimum absolute atomic E-state index is 1.20. The van der Waals surface area contributed by atoms with E-state index < -0.39 is 0 Å². The second kappa shape index (κ2) is 4.45. The van der Waals surface area contributed by atoms with Gasteiger partial charge in [-0.1, -0.05) is 35.9 Å². The van der Waals surface area contributed by atoms with Gasteiger partial charge in [-0.3, -0.25) is 0 Å². The first-order valence-electron chi connectivity index (χ1n) is 3.46. The molecule has 1 aromatic rings. The third-order valence-corrected chi connectivity index (χ3v) is 2.05. The lowest BCUT2D eigenvalue weighted by atomic mass is 9.96. The van der Waals surface area contributed by atoms with Crippen LogP contribution in [-0.2, 0) is 6.32 Å². The Hall–Kier alpha value is -0.365. The Balaban J connectivity index is 2.43. The van der Waals surface area contributed by atoms with Gasteiger partial charge in [0, 0.05) is 0 Å². The molecule has 0 aromatic heterocycles. The molecule has 0 unspecified atom stereocenters. The quantitative estimate of drug-likeness (QED) is 0.593. The average Bonchev–Trinajstić information content (AvgIpc) is 2.03. The van der Waals surface area contributed by atoms with E-state index >= 15 is 0 Å². The molecule has 0 radical (unpaired) electrons. The summed E-state index contributed by atoms with van der Waals surface area (Å²) in [5, 5.41) is 0. The molecule has 0 heterocycles. The van der Waals surface area contributed by atoms with Gasteiger partial charge in [0.15, 0.2) is 6.56 Å². The number of hydrogen-bond acceptors (Lipinski definition) is 1. The van der Waals surface area contributed by atoms with E-state index in [0.29, 0.717) is 0 Å². The van der Waals surface area contributed by atoms with Gasteiger partial charge >= 0.3 is 0 Å². The summed E-state index contributed by atoms with van der Waals surface area (Å²) in [5.74, 6) is 0. The van der Waals surface area contributed by atoms with Crippen molar-refractivity contribution in [2.24, 2.45) is 0 Å². The predicted molar refractivity (Wildman–Crippen MR) is 50.8 cm³/mol. The Morgan fingerprint density at radius 2 is 2.00 bits per heavy atom. The van der Waals surface area contributed by atoms with Crippen molar-refractivity contribution in [2.75, 3.05) is 6.26 Å². The van der Waals surface area contributed by atoms with Crippen molar-refractivity contribution in [3.05, 3.63) is 35.9 Å². The van der Waals surface area contributed by atoms with Crippen molar-refractivity contribution in [1.29, 1.82) is 0 Å². The van der Waals surface area contributed by atoms with Gasteiger partial charge in [0.25, 0.3) is 0 Å². The van der Waals surface area contributed by atoms with E-state index in [0.717, 1.165) is 0 Å². The van der Waals surface area contributed by atoms with E-state index in [1.807, 2.05) is 11.6 Å². The summed E-state index contributed by atoms with van der Waals surface area (Å²) in [4.78, 5) is 0. The van der Waals surface area contributed by atoms with Gasteiger partial charge in [0.2, 0.25) is 0 Å². The maximum absolute atomic E-state index is 2.18. The van der Waals surface area contributed by atoms with Crippen LogP contribution in [0, 0.1) is 0 Å². The van der Waals surface area contributed by atoms with Crippen molar-refractivity contribution in [3.63, 3.8) is 0 Å². The van der Waals surface area contributed by atoms with Crippen LogP contribution in [0.3, 0.4) is 0 Å². The van der Waals surface area contributed by atoms with Crippen LogP contribution in [0.15, 0.2) is 30.3 Å². The Labute approximate surface area is 67.2 Å². The van der Waals surface area contributed by atoms with E-state index in [1.165, 1.54) is 18.4 Å². The Kier molecular flexibility index (Phi) is 3.44. The molecule has 0 spiro atoms. The first kappa shape index (κ1) is 7.74. The van der Waals surface area contributed by atoms with E-state index in [9.17, 15) is 0 Å². The van der Waals surface area contributed by atoms with E-state index in [4.69, 9.17) is 0 Å². The van der Waals surface area contributed by atoms with Crippen LogP contribution in [0.2, 0.25) is 0 Å². The lowest BCUT2D eigenvalue weighted by Crippen LogP contribution is -1.89. The van der Waals surface area contributed by atoms with E-state index in [2.05, 4.69) is 36.6 Å². The van der Waals surface area contributed by atoms with E-state index in [1.54, 1.807) is 0 Å². The molecule has 0 bridgehead atoms. The van der Waals surface area contributed by atoms with Crippen LogP contribution in [0.4, 0.5) is 0 Å².